The molecule has 112 valence electrons. The molecule has 0 aliphatic heterocycles. The van der Waals surface area contributed by atoms with Gasteiger partial charge in [0.15, 0.2) is 9.84 Å². The summed E-state index contributed by atoms with van der Waals surface area (Å²) < 4.78 is 60.0. The molecule has 1 rings (SSSR count). The largest absolute Gasteiger partial charge is 0.406 e. The lowest BCUT2D eigenvalue weighted by Crippen LogP contribution is -2.39. The van der Waals surface area contributed by atoms with Crippen LogP contribution in [0.3, 0.4) is 0 Å². The third-order valence-electron chi connectivity index (χ3n) is 2.33. The minimum atomic E-state index is -4.57. The van der Waals surface area contributed by atoms with Gasteiger partial charge in [0.05, 0.1) is 4.90 Å². The standard InChI is InChI=1S/C11H11ClF3NO3S/c1-16(7-11(13,14)15)10(17)6-20(18,19)9-4-2-8(12)3-5-9/h2-5H,6-7H2,1H3. The minimum Gasteiger partial charge on any atom is -0.336 e. The summed E-state index contributed by atoms with van der Waals surface area (Å²) in [6, 6.07) is 5.01. The number of hydrogen-bond donors (Lipinski definition) is 0. The van der Waals surface area contributed by atoms with Crippen molar-refractivity contribution in [1.29, 1.82) is 0 Å². The number of benzene rings is 1. The van der Waals surface area contributed by atoms with Crippen LogP contribution in [0.25, 0.3) is 0 Å². The van der Waals surface area contributed by atoms with Gasteiger partial charge in [0, 0.05) is 12.1 Å². The van der Waals surface area contributed by atoms with Crippen LogP contribution in [0.2, 0.25) is 5.02 Å². The maximum Gasteiger partial charge on any atom is 0.406 e. The Morgan fingerprint density at radius 2 is 1.75 bits per heavy atom. The van der Waals surface area contributed by atoms with Gasteiger partial charge in [0.25, 0.3) is 0 Å². The first-order valence-corrected chi connectivity index (χ1v) is 7.33. The number of sulfone groups is 1. The summed E-state index contributed by atoms with van der Waals surface area (Å²) in [4.78, 5) is 11.7. The van der Waals surface area contributed by atoms with Gasteiger partial charge >= 0.3 is 6.18 Å². The topological polar surface area (TPSA) is 54.5 Å². The van der Waals surface area contributed by atoms with Gasteiger partial charge in [0.1, 0.15) is 12.3 Å². The molecule has 1 aromatic rings. The number of nitrogens with zero attached hydrogens (tertiary/aromatic N) is 1. The lowest BCUT2D eigenvalue weighted by Gasteiger charge is -2.18. The fourth-order valence-electron chi connectivity index (χ4n) is 1.36. The Bertz CT molecular complexity index is 584. The lowest BCUT2D eigenvalue weighted by molar-refractivity contribution is -0.156. The van der Waals surface area contributed by atoms with E-state index in [1.165, 1.54) is 24.3 Å². The summed E-state index contributed by atoms with van der Waals surface area (Å²) in [5, 5.41) is 0.310. The summed E-state index contributed by atoms with van der Waals surface area (Å²) >= 11 is 5.60. The molecule has 0 atom stereocenters. The van der Waals surface area contributed by atoms with E-state index in [4.69, 9.17) is 11.6 Å². The molecular weight excluding hydrogens is 319 g/mol. The molecule has 0 saturated carbocycles. The molecule has 0 unspecified atom stereocenters. The molecule has 0 N–H and O–H groups in total. The van der Waals surface area contributed by atoms with Crippen LogP contribution in [-0.4, -0.2) is 44.7 Å². The highest BCUT2D eigenvalue weighted by atomic mass is 35.5. The van der Waals surface area contributed by atoms with Crippen molar-refractivity contribution in [2.75, 3.05) is 19.3 Å². The zero-order valence-corrected chi connectivity index (χ0v) is 11.9. The monoisotopic (exact) mass is 329 g/mol. The second-order valence-corrected chi connectivity index (χ2v) is 6.50. The fraction of sp³-hybridized carbons (Fsp3) is 0.364. The van der Waals surface area contributed by atoms with Crippen molar-refractivity contribution in [2.24, 2.45) is 0 Å². The summed E-state index contributed by atoms with van der Waals surface area (Å²) in [7, 11) is -3.10. The summed E-state index contributed by atoms with van der Waals surface area (Å²) in [6.45, 7) is -1.50. The normalized spacial score (nSPS) is 12.2. The Morgan fingerprint density at radius 3 is 2.20 bits per heavy atom. The number of alkyl halides is 3. The van der Waals surface area contributed by atoms with E-state index >= 15 is 0 Å². The fourth-order valence-corrected chi connectivity index (χ4v) is 2.74. The third kappa shape index (κ3) is 5.01. The first-order valence-electron chi connectivity index (χ1n) is 5.30. The molecule has 0 aliphatic rings. The van der Waals surface area contributed by atoms with E-state index in [-0.39, 0.29) is 4.90 Å². The molecule has 0 bridgehead atoms. The van der Waals surface area contributed by atoms with Gasteiger partial charge in [-0.3, -0.25) is 4.79 Å². The van der Waals surface area contributed by atoms with Crippen molar-refractivity contribution in [1.82, 2.24) is 4.90 Å². The molecule has 0 saturated heterocycles. The van der Waals surface area contributed by atoms with Crippen LogP contribution in [0, 0.1) is 0 Å². The Morgan fingerprint density at radius 1 is 1.25 bits per heavy atom. The molecule has 20 heavy (non-hydrogen) atoms. The first-order chi connectivity index (χ1) is 9.01. The number of carbonyl (C=O) groups excluding carboxylic acids is 1. The quantitative estimate of drug-likeness (QED) is 0.850. The van der Waals surface area contributed by atoms with Crippen LogP contribution < -0.4 is 0 Å². The summed E-state index contributed by atoms with van der Waals surface area (Å²) in [5.74, 6) is -2.15. The zero-order valence-electron chi connectivity index (χ0n) is 10.3. The van der Waals surface area contributed by atoms with Gasteiger partial charge < -0.3 is 4.90 Å². The van der Waals surface area contributed by atoms with Crippen molar-refractivity contribution in [2.45, 2.75) is 11.1 Å². The number of rotatable bonds is 4. The Balaban J connectivity index is 2.81. The highest BCUT2D eigenvalue weighted by molar-refractivity contribution is 7.92. The van der Waals surface area contributed by atoms with Gasteiger partial charge in [-0.2, -0.15) is 13.2 Å². The predicted molar refractivity (Wildman–Crippen MR) is 67.2 cm³/mol. The lowest BCUT2D eigenvalue weighted by atomic mass is 10.4. The van der Waals surface area contributed by atoms with Gasteiger partial charge in [0.2, 0.25) is 5.91 Å². The average molecular weight is 330 g/mol. The summed E-state index contributed by atoms with van der Waals surface area (Å²) in [5.41, 5.74) is 0. The molecule has 1 amide bonds. The second kappa shape index (κ2) is 6.01. The van der Waals surface area contributed by atoms with Crippen LogP contribution in [-0.2, 0) is 14.6 Å². The van der Waals surface area contributed by atoms with Crippen LogP contribution in [0.15, 0.2) is 29.2 Å². The third-order valence-corrected chi connectivity index (χ3v) is 4.20. The van der Waals surface area contributed by atoms with Gasteiger partial charge in [-0.25, -0.2) is 8.42 Å². The Kier molecular flexibility index (Phi) is 5.04. The molecule has 0 aromatic heterocycles. The van der Waals surface area contributed by atoms with Gasteiger partial charge in [-0.1, -0.05) is 11.6 Å². The number of carbonyl (C=O) groups is 1. The molecule has 4 nitrogen and oxygen atoms in total. The smallest absolute Gasteiger partial charge is 0.336 e. The average Bonchev–Trinajstić information content (AvgIpc) is 2.26. The predicted octanol–water partition coefficient (Wildman–Crippen LogP) is 2.13. The SMILES string of the molecule is CN(CC(F)(F)F)C(=O)CS(=O)(=O)c1ccc(Cl)cc1. The van der Waals surface area contributed by atoms with Crippen LogP contribution in [0.5, 0.6) is 0 Å². The van der Waals surface area contributed by atoms with E-state index < -0.39 is 34.2 Å². The number of halogens is 4. The molecule has 0 radical (unpaired) electrons. The van der Waals surface area contributed by atoms with E-state index in [2.05, 4.69) is 0 Å². The molecule has 0 aliphatic carbocycles. The minimum absolute atomic E-state index is 0.171. The van der Waals surface area contributed by atoms with Crippen LogP contribution >= 0.6 is 11.6 Å². The van der Waals surface area contributed by atoms with Crippen molar-refractivity contribution in [3.8, 4) is 0 Å². The highest BCUT2D eigenvalue weighted by Gasteiger charge is 2.32. The second-order valence-electron chi connectivity index (χ2n) is 4.08. The maximum atomic E-state index is 12.1. The molecule has 1 aromatic carbocycles. The van der Waals surface area contributed by atoms with E-state index in [0.29, 0.717) is 9.92 Å². The van der Waals surface area contributed by atoms with Crippen molar-refractivity contribution >= 4 is 27.3 Å². The molecule has 0 heterocycles. The van der Waals surface area contributed by atoms with E-state index in [1.807, 2.05) is 0 Å². The van der Waals surface area contributed by atoms with Gasteiger partial charge in [-0.15, -0.1) is 0 Å². The zero-order chi connectivity index (χ0) is 15.6. The van der Waals surface area contributed by atoms with Crippen molar-refractivity contribution in [3.63, 3.8) is 0 Å². The molecule has 9 heteroatoms. The van der Waals surface area contributed by atoms with Crippen LogP contribution in [0.4, 0.5) is 13.2 Å². The van der Waals surface area contributed by atoms with Gasteiger partial charge in [-0.05, 0) is 24.3 Å². The van der Waals surface area contributed by atoms with Crippen molar-refractivity contribution < 1.29 is 26.4 Å². The van der Waals surface area contributed by atoms with E-state index in [1.54, 1.807) is 0 Å². The molecule has 0 fully saturated rings. The first kappa shape index (κ1) is 16.8. The van der Waals surface area contributed by atoms with E-state index in [0.717, 1.165) is 7.05 Å². The highest BCUT2D eigenvalue weighted by Crippen LogP contribution is 2.18. The summed E-state index contributed by atoms with van der Waals surface area (Å²) in [6.07, 6.45) is -4.57. The number of amides is 1. The van der Waals surface area contributed by atoms with Crippen molar-refractivity contribution in [3.05, 3.63) is 29.3 Å². The number of hydrogen-bond acceptors (Lipinski definition) is 3. The van der Waals surface area contributed by atoms with E-state index in [9.17, 15) is 26.4 Å². The Hall–Kier alpha value is -1.28. The van der Waals surface area contributed by atoms with Crippen LogP contribution in [0.1, 0.15) is 0 Å². The Labute approximate surface area is 119 Å². The maximum absolute atomic E-state index is 12.1. The molecular formula is C11H11ClF3NO3S. The molecule has 0 spiro atoms.